The number of ether oxygens (including phenoxy) is 2. The Kier molecular flexibility index (Phi) is 4.17. The number of nitrogens with two attached hydrogens (primary N) is 1. The third kappa shape index (κ3) is 4.24. The molecule has 0 heterocycles. The van der Waals surface area contributed by atoms with Gasteiger partial charge in [-0.1, -0.05) is 12.1 Å². The first-order chi connectivity index (χ1) is 9.85. The van der Waals surface area contributed by atoms with E-state index in [-0.39, 0.29) is 5.97 Å². The first-order valence-corrected chi connectivity index (χ1v) is 6.71. The van der Waals surface area contributed by atoms with Crippen molar-refractivity contribution in [2.45, 2.75) is 26.4 Å². The second-order valence-electron chi connectivity index (χ2n) is 5.67. The fraction of sp³-hybridized carbons (Fsp3) is 0.235. The highest BCUT2D eigenvalue weighted by molar-refractivity contribution is 5.89. The van der Waals surface area contributed by atoms with Crippen LogP contribution in [0.1, 0.15) is 31.1 Å². The number of carbonyl (C=O) groups is 1. The average molecular weight is 285 g/mol. The maximum Gasteiger partial charge on any atom is 0.338 e. The molecule has 2 rings (SSSR count). The van der Waals surface area contributed by atoms with E-state index in [1.54, 1.807) is 36.4 Å². The zero-order chi connectivity index (χ0) is 15.5. The van der Waals surface area contributed by atoms with Gasteiger partial charge in [0.2, 0.25) is 0 Å². The SMILES string of the molecule is CC(C)(C)OC(=O)c1ccc(Oc2ccccc2N)cc1. The zero-order valence-electron chi connectivity index (χ0n) is 12.4. The van der Waals surface area contributed by atoms with Gasteiger partial charge in [0.15, 0.2) is 0 Å². The highest BCUT2D eigenvalue weighted by Gasteiger charge is 2.17. The molecule has 110 valence electrons. The summed E-state index contributed by atoms with van der Waals surface area (Å²) in [4.78, 5) is 11.9. The van der Waals surface area contributed by atoms with Crippen LogP contribution in [0.3, 0.4) is 0 Å². The smallest absolute Gasteiger partial charge is 0.338 e. The summed E-state index contributed by atoms with van der Waals surface area (Å²) in [5.74, 6) is 0.844. The Morgan fingerprint density at radius 3 is 2.19 bits per heavy atom. The maximum absolute atomic E-state index is 11.9. The zero-order valence-corrected chi connectivity index (χ0v) is 12.4. The number of hydrogen-bond donors (Lipinski definition) is 1. The molecule has 0 aliphatic rings. The minimum Gasteiger partial charge on any atom is -0.456 e. The lowest BCUT2D eigenvalue weighted by atomic mass is 10.1. The van der Waals surface area contributed by atoms with Gasteiger partial charge in [-0.2, -0.15) is 0 Å². The standard InChI is InChI=1S/C17H19NO3/c1-17(2,3)21-16(19)12-8-10-13(11-9-12)20-15-7-5-4-6-14(15)18/h4-11H,18H2,1-3H3. The first-order valence-electron chi connectivity index (χ1n) is 6.71. The fourth-order valence-corrected chi connectivity index (χ4v) is 1.70. The van der Waals surface area contributed by atoms with E-state index in [4.69, 9.17) is 15.2 Å². The molecule has 0 amide bonds. The van der Waals surface area contributed by atoms with E-state index in [1.165, 1.54) is 0 Å². The van der Waals surface area contributed by atoms with Crippen molar-refractivity contribution in [3.63, 3.8) is 0 Å². The number of carbonyl (C=O) groups excluding carboxylic acids is 1. The molecule has 4 heteroatoms. The Bertz CT molecular complexity index is 627. The Balaban J connectivity index is 2.09. The van der Waals surface area contributed by atoms with Crippen molar-refractivity contribution in [1.82, 2.24) is 0 Å². The Morgan fingerprint density at radius 1 is 1.00 bits per heavy atom. The lowest BCUT2D eigenvalue weighted by molar-refractivity contribution is 0.00695. The average Bonchev–Trinajstić information content (AvgIpc) is 2.40. The predicted molar refractivity (Wildman–Crippen MR) is 82.5 cm³/mol. The van der Waals surface area contributed by atoms with Crippen LogP contribution in [0, 0.1) is 0 Å². The Hall–Kier alpha value is -2.49. The van der Waals surface area contributed by atoms with Gasteiger partial charge in [0.25, 0.3) is 0 Å². The van der Waals surface area contributed by atoms with E-state index in [1.807, 2.05) is 32.9 Å². The van der Waals surface area contributed by atoms with Crippen LogP contribution >= 0.6 is 0 Å². The second kappa shape index (κ2) is 5.87. The molecule has 0 spiro atoms. The van der Waals surface area contributed by atoms with Crippen molar-refractivity contribution in [3.8, 4) is 11.5 Å². The van der Waals surface area contributed by atoms with Gasteiger partial charge < -0.3 is 15.2 Å². The summed E-state index contributed by atoms with van der Waals surface area (Å²) in [6.45, 7) is 5.50. The molecule has 0 bridgehead atoms. The van der Waals surface area contributed by atoms with Crippen LogP contribution in [0.2, 0.25) is 0 Å². The number of hydrogen-bond acceptors (Lipinski definition) is 4. The molecule has 0 fully saturated rings. The number of para-hydroxylation sites is 2. The summed E-state index contributed by atoms with van der Waals surface area (Å²) in [5, 5.41) is 0. The lowest BCUT2D eigenvalue weighted by Crippen LogP contribution is -2.23. The number of esters is 1. The van der Waals surface area contributed by atoms with Crippen molar-refractivity contribution in [1.29, 1.82) is 0 Å². The van der Waals surface area contributed by atoms with E-state index < -0.39 is 5.60 Å². The van der Waals surface area contributed by atoms with Gasteiger partial charge in [-0.05, 0) is 57.2 Å². The van der Waals surface area contributed by atoms with Crippen LogP contribution in [0.15, 0.2) is 48.5 Å². The minimum atomic E-state index is -0.509. The van der Waals surface area contributed by atoms with Crippen LogP contribution < -0.4 is 10.5 Å². The summed E-state index contributed by atoms with van der Waals surface area (Å²) in [7, 11) is 0. The number of nitrogen functional groups attached to an aromatic ring is 1. The van der Waals surface area contributed by atoms with E-state index in [0.717, 1.165) is 0 Å². The van der Waals surface area contributed by atoms with Gasteiger partial charge in [0.1, 0.15) is 17.1 Å². The number of benzene rings is 2. The molecular formula is C17H19NO3. The summed E-state index contributed by atoms with van der Waals surface area (Å²) >= 11 is 0. The minimum absolute atomic E-state index is 0.353. The van der Waals surface area contributed by atoms with Crippen LogP contribution in [-0.4, -0.2) is 11.6 Å². The molecule has 0 saturated heterocycles. The van der Waals surface area contributed by atoms with Crippen molar-refractivity contribution < 1.29 is 14.3 Å². The van der Waals surface area contributed by atoms with E-state index in [0.29, 0.717) is 22.7 Å². The number of rotatable bonds is 3. The highest BCUT2D eigenvalue weighted by atomic mass is 16.6. The van der Waals surface area contributed by atoms with Gasteiger partial charge in [-0.25, -0.2) is 4.79 Å². The van der Waals surface area contributed by atoms with E-state index >= 15 is 0 Å². The molecule has 0 aromatic heterocycles. The Labute approximate surface area is 124 Å². The molecule has 4 nitrogen and oxygen atoms in total. The lowest BCUT2D eigenvalue weighted by Gasteiger charge is -2.19. The van der Waals surface area contributed by atoms with Gasteiger partial charge in [0.05, 0.1) is 11.3 Å². The summed E-state index contributed by atoms with van der Waals surface area (Å²) < 4.78 is 11.0. The molecule has 0 saturated carbocycles. The van der Waals surface area contributed by atoms with Gasteiger partial charge in [0, 0.05) is 0 Å². The van der Waals surface area contributed by atoms with Crippen molar-refractivity contribution in [2.75, 3.05) is 5.73 Å². The maximum atomic E-state index is 11.9. The normalized spacial score (nSPS) is 11.0. The topological polar surface area (TPSA) is 61.5 Å². The van der Waals surface area contributed by atoms with E-state index in [9.17, 15) is 4.79 Å². The molecule has 0 aliphatic carbocycles. The second-order valence-corrected chi connectivity index (χ2v) is 5.67. The largest absolute Gasteiger partial charge is 0.456 e. The third-order valence-corrected chi connectivity index (χ3v) is 2.64. The molecule has 2 aromatic rings. The van der Waals surface area contributed by atoms with Crippen molar-refractivity contribution in [3.05, 3.63) is 54.1 Å². The quantitative estimate of drug-likeness (QED) is 0.683. The molecule has 0 radical (unpaired) electrons. The van der Waals surface area contributed by atoms with E-state index in [2.05, 4.69) is 0 Å². The molecule has 2 N–H and O–H groups in total. The van der Waals surface area contributed by atoms with Crippen LogP contribution in [-0.2, 0) is 4.74 Å². The van der Waals surface area contributed by atoms with Gasteiger partial charge >= 0.3 is 5.97 Å². The molecule has 0 atom stereocenters. The van der Waals surface area contributed by atoms with Gasteiger partial charge in [-0.15, -0.1) is 0 Å². The molecule has 0 unspecified atom stereocenters. The van der Waals surface area contributed by atoms with Crippen molar-refractivity contribution in [2.24, 2.45) is 0 Å². The summed E-state index contributed by atoms with van der Waals surface area (Å²) in [6, 6.07) is 14.0. The summed E-state index contributed by atoms with van der Waals surface area (Å²) in [6.07, 6.45) is 0. The predicted octanol–water partition coefficient (Wildman–Crippen LogP) is 4.02. The molecular weight excluding hydrogens is 266 g/mol. The highest BCUT2D eigenvalue weighted by Crippen LogP contribution is 2.27. The molecule has 21 heavy (non-hydrogen) atoms. The van der Waals surface area contributed by atoms with Crippen LogP contribution in [0.4, 0.5) is 5.69 Å². The van der Waals surface area contributed by atoms with Crippen LogP contribution in [0.5, 0.6) is 11.5 Å². The number of anilines is 1. The van der Waals surface area contributed by atoms with Gasteiger partial charge in [-0.3, -0.25) is 0 Å². The Morgan fingerprint density at radius 2 is 1.62 bits per heavy atom. The monoisotopic (exact) mass is 285 g/mol. The molecule has 0 aliphatic heterocycles. The van der Waals surface area contributed by atoms with Crippen molar-refractivity contribution >= 4 is 11.7 Å². The summed E-state index contributed by atoms with van der Waals surface area (Å²) in [5.41, 5.74) is 6.36. The third-order valence-electron chi connectivity index (χ3n) is 2.64. The molecule has 2 aromatic carbocycles. The fourth-order valence-electron chi connectivity index (χ4n) is 1.70. The first kappa shape index (κ1) is 14.9. The van der Waals surface area contributed by atoms with Crippen LogP contribution in [0.25, 0.3) is 0 Å².